The van der Waals surface area contributed by atoms with Crippen LogP contribution in [0.3, 0.4) is 0 Å². The summed E-state index contributed by atoms with van der Waals surface area (Å²) in [4.78, 5) is 27.1. The van der Waals surface area contributed by atoms with Crippen molar-refractivity contribution in [3.05, 3.63) is 70.5 Å². The molecule has 1 aliphatic heterocycles. The van der Waals surface area contributed by atoms with Gasteiger partial charge in [-0.1, -0.05) is 17.4 Å². The van der Waals surface area contributed by atoms with E-state index in [-0.39, 0.29) is 16.3 Å². The van der Waals surface area contributed by atoms with Crippen LogP contribution in [0.25, 0.3) is 5.76 Å². The smallest absolute Gasteiger partial charge is 0.301 e. The van der Waals surface area contributed by atoms with Crippen molar-refractivity contribution in [3.63, 3.8) is 0 Å². The summed E-state index contributed by atoms with van der Waals surface area (Å²) < 4.78 is 24.0. The monoisotopic (exact) mass is 441 g/mol. The lowest BCUT2D eigenvalue weighted by Crippen LogP contribution is -2.29. The first-order chi connectivity index (χ1) is 15.0. The summed E-state index contributed by atoms with van der Waals surface area (Å²) in [6.07, 6.45) is 0. The number of ketones is 1. The molecule has 0 unspecified atom stereocenters. The highest BCUT2D eigenvalue weighted by molar-refractivity contribution is 7.13. The van der Waals surface area contributed by atoms with Crippen molar-refractivity contribution in [2.24, 2.45) is 0 Å². The Labute approximate surface area is 180 Å². The van der Waals surface area contributed by atoms with Gasteiger partial charge in [0.1, 0.15) is 17.1 Å². The van der Waals surface area contributed by atoms with E-state index in [2.05, 4.69) is 10.2 Å². The molecule has 8 nitrogen and oxygen atoms in total. The number of aliphatic hydroxyl groups excluding tert-OH is 1. The molecule has 1 saturated heterocycles. The lowest BCUT2D eigenvalue weighted by atomic mass is 9.95. The van der Waals surface area contributed by atoms with E-state index in [9.17, 15) is 19.1 Å². The summed E-state index contributed by atoms with van der Waals surface area (Å²) in [6.45, 7) is 0. The number of ether oxygens (including phenoxy) is 2. The number of benzene rings is 2. The van der Waals surface area contributed by atoms with Crippen LogP contribution in [0.5, 0.6) is 11.5 Å². The van der Waals surface area contributed by atoms with E-state index in [0.29, 0.717) is 17.1 Å². The van der Waals surface area contributed by atoms with E-state index in [1.54, 1.807) is 18.2 Å². The summed E-state index contributed by atoms with van der Waals surface area (Å²) in [5, 5.41) is 18.8. The van der Waals surface area contributed by atoms with Gasteiger partial charge in [0.15, 0.2) is 11.5 Å². The number of aromatic nitrogens is 2. The van der Waals surface area contributed by atoms with E-state index in [1.165, 1.54) is 36.8 Å². The molecule has 1 atom stereocenters. The molecular formula is C21H16FN3O5S. The maximum Gasteiger partial charge on any atom is 0.301 e. The number of aliphatic hydroxyl groups is 1. The maximum absolute atomic E-state index is 13.3. The second kappa shape index (κ2) is 8.15. The first-order valence-electron chi connectivity index (χ1n) is 9.01. The van der Waals surface area contributed by atoms with Crippen LogP contribution in [0, 0.1) is 5.82 Å². The van der Waals surface area contributed by atoms with Gasteiger partial charge in [-0.05, 0) is 42.0 Å². The second-order valence-electron chi connectivity index (χ2n) is 6.51. The van der Waals surface area contributed by atoms with E-state index in [1.807, 2.05) is 0 Å². The van der Waals surface area contributed by atoms with Gasteiger partial charge < -0.3 is 14.6 Å². The molecule has 1 aliphatic rings. The zero-order valence-electron chi connectivity index (χ0n) is 16.4. The molecule has 1 fully saturated rings. The Morgan fingerprint density at radius 2 is 1.81 bits per heavy atom. The Bertz CT molecular complexity index is 1180. The van der Waals surface area contributed by atoms with Crippen molar-refractivity contribution >= 4 is 33.9 Å². The molecule has 31 heavy (non-hydrogen) atoms. The molecule has 4 rings (SSSR count). The van der Waals surface area contributed by atoms with Crippen molar-refractivity contribution in [1.29, 1.82) is 0 Å². The predicted molar refractivity (Wildman–Crippen MR) is 111 cm³/mol. The van der Waals surface area contributed by atoms with E-state index in [4.69, 9.17) is 9.47 Å². The molecule has 1 amide bonds. The first-order valence-corrected chi connectivity index (χ1v) is 9.89. The average Bonchev–Trinajstić information content (AvgIpc) is 3.40. The van der Waals surface area contributed by atoms with Crippen molar-refractivity contribution in [2.45, 2.75) is 6.04 Å². The van der Waals surface area contributed by atoms with Crippen LogP contribution in [0.15, 0.2) is 53.5 Å². The minimum Gasteiger partial charge on any atom is -0.507 e. The van der Waals surface area contributed by atoms with Crippen LogP contribution in [0.1, 0.15) is 17.2 Å². The first kappa shape index (κ1) is 20.5. The van der Waals surface area contributed by atoms with E-state index in [0.717, 1.165) is 23.5 Å². The molecule has 1 N–H and O–H groups in total. The normalized spacial score (nSPS) is 17.8. The fourth-order valence-electron chi connectivity index (χ4n) is 3.40. The third-order valence-electron chi connectivity index (χ3n) is 4.84. The van der Waals surface area contributed by atoms with Crippen LogP contribution >= 0.6 is 11.3 Å². The van der Waals surface area contributed by atoms with Crippen molar-refractivity contribution in [2.75, 3.05) is 19.1 Å². The summed E-state index contributed by atoms with van der Waals surface area (Å²) in [6, 6.07) is 8.86. The minimum atomic E-state index is -1.00. The van der Waals surface area contributed by atoms with Gasteiger partial charge >= 0.3 is 5.91 Å². The highest BCUT2D eigenvalue weighted by Crippen LogP contribution is 2.44. The van der Waals surface area contributed by atoms with Crippen molar-refractivity contribution in [1.82, 2.24) is 10.2 Å². The molecule has 2 aromatic carbocycles. The van der Waals surface area contributed by atoms with Crippen LogP contribution < -0.4 is 14.4 Å². The molecule has 0 bridgehead atoms. The molecule has 0 saturated carbocycles. The van der Waals surface area contributed by atoms with Crippen LogP contribution in [-0.4, -0.2) is 41.2 Å². The van der Waals surface area contributed by atoms with E-state index >= 15 is 0 Å². The van der Waals surface area contributed by atoms with Gasteiger partial charge in [0.25, 0.3) is 5.78 Å². The van der Waals surface area contributed by atoms with Crippen molar-refractivity contribution in [3.8, 4) is 11.5 Å². The number of amides is 1. The lowest BCUT2D eigenvalue weighted by molar-refractivity contribution is -0.132. The Kier molecular flexibility index (Phi) is 5.38. The molecule has 2 heterocycles. The third kappa shape index (κ3) is 3.50. The molecular weight excluding hydrogens is 425 g/mol. The largest absolute Gasteiger partial charge is 0.507 e. The number of carbonyl (C=O) groups excluding carboxylic acids is 2. The Hall–Kier alpha value is -3.79. The van der Waals surface area contributed by atoms with E-state index < -0.39 is 29.3 Å². The number of rotatable bonds is 5. The molecule has 1 aromatic heterocycles. The Morgan fingerprint density at radius 3 is 2.42 bits per heavy atom. The second-order valence-corrected chi connectivity index (χ2v) is 7.32. The topological polar surface area (TPSA) is 102 Å². The number of hydrogen-bond donors (Lipinski definition) is 1. The van der Waals surface area contributed by atoms with Crippen LogP contribution in [0.4, 0.5) is 9.52 Å². The third-order valence-corrected chi connectivity index (χ3v) is 5.53. The molecule has 0 aliphatic carbocycles. The standard InChI is InChI=1S/C21H16FN3O5S/c1-29-14-8-5-12(9-15(14)30-2)17-16(18(26)11-3-6-13(22)7-4-11)19(27)20(28)25(17)21-24-23-10-31-21/h3-10,17,26H,1-2H3/b18-16+/t17-/m1/s1. The SMILES string of the molecule is COc1ccc([C@@H]2/C(=C(\O)c3ccc(F)cc3)C(=O)C(=O)N2c2nncs2)cc1OC. The maximum atomic E-state index is 13.3. The molecule has 158 valence electrons. The number of halogens is 1. The fourth-order valence-corrected chi connectivity index (χ4v) is 3.99. The summed E-state index contributed by atoms with van der Waals surface area (Å²) >= 11 is 1.07. The zero-order chi connectivity index (χ0) is 22.1. The minimum absolute atomic E-state index is 0.154. The van der Waals surface area contributed by atoms with Crippen LogP contribution in [-0.2, 0) is 9.59 Å². The number of nitrogens with zero attached hydrogens (tertiary/aromatic N) is 3. The summed E-state index contributed by atoms with van der Waals surface area (Å²) in [7, 11) is 2.95. The fraction of sp³-hybridized carbons (Fsp3) is 0.143. The number of hydrogen-bond acceptors (Lipinski definition) is 8. The van der Waals surface area contributed by atoms with Gasteiger partial charge in [0, 0.05) is 5.56 Å². The van der Waals surface area contributed by atoms with Gasteiger partial charge in [-0.2, -0.15) is 0 Å². The number of methoxy groups -OCH3 is 2. The van der Waals surface area contributed by atoms with Crippen LogP contribution in [0.2, 0.25) is 0 Å². The number of anilines is 1. The average molecular weight is 441 g/mol. The lowest BCUT2D eigenvalue weighted by Gasteiger charge is -2.23. The molecule has 10 heteroatoms. The van der Waals surface area contributed by atoms with Gasteiger partial charge in [0.2, 0.25) is 5.13 Å². The number of Topliss-reactive ketones (excluding diaryl/α,β-unsaturated/α-hetero) is 1. The summed E-state index contributed by atoms with van der Waals surface area (Å²) in [5.74, 6) is -1.84. The highest BCUT2D eigenvalue weighted by atomic mass is 32.1. The number of carbonyl (C=O) groups is 2. The molecule has 0 radical (unpaired) electrons. The molecule has 3 aromatic rings. The van der Waals surface area contributed by atoms with Gasteiger partial charge in [-0.3, -0.25) is 14.5 Å². The van der Waals surface area contributed by atoms with Gasteiger partial charge in [-0.25, -0.2) is 4.39 Å². The summed E-state index contributed by atoms with van der Waals surface area (Å²) in [5.41, 5.74) is 1.96. The molecule has 0 spiro atoms. The van der Waals surface area contributed by atoms with Crippen molar-refractivity contribution < 1.29 is 28.6 Å². The highest BCUT2D eigenvalue weighted by Gasteiger charge is 2.48. The zero-order valence-corrected chi connectivity index (χ0v) is 17.2. The van der Waals surface area contributed by atoms with Gasteiger partial charge in [0.05, 0.1) is 25.8 Å². The predicted octanol–water partition coefficient (Wildman–Crippen LogP) is 3.32. The Morgan fingerprint density at radius 1 is 1.10 bits per heavy atom. The van der Waals surface area contributed by atoms with Gasteiger partial charge in [-0.15, -0.1) is 10.2 Å². The quantitative estimate of drug-likeness (QED) is 0.368. The Balaban J connectivity index is 1.94.